The van der Waals surface area contributed by atoms with Crippen molar-refractivity contribution in [2.75, 3.05) is 6.61 Å². The number of nitrogens with zero attached hydrogens (tertiary/aromatic N) is 2. The van der Waals surface area contributed by atoms with Gasteiger partial charge in [0.05, 0.1) is 23.2 Å². The fraction of sp³-hybridized carbons (Fsp3) is 0.133. The van der Waals surface area contributed by atoms with E-state index in [1.165, 1.54) is 30.5 Å². The lowest BCUT2D eigenvalue weighted by molar-refractivity contribution is 0.0911. The molecule has 1 amide bonds. The lowest BCUT2D eigenvalue weighted by Gasteiger charge is -2.16. The maximum Gasteiger partial charge on any atom is 0.270 e. The molecule has 2 N–H and O–H groups in total. The van der Waals surface area contributed by atoms with E-state index in [0.29, 0.717) is 11.1 Å². The Kier molecular flexibility index (Phi) is 5.04. The number of carbonyl (C=O) groups is 1. The standard InChI is InChI=1S/C15H11ClFN3O2/c16-11-3-2-10(5-12(11)17)14(8-21)20-15(22)13-4-1-9(6-18)7-19-13/h1-5,7,14,21H,8H2,(H,20,22). The number of nitriles is 1. The molecular formula is C15H11ClFN3O2. The molecule has 5 nitrogen and oxygen atoms in total. The van der Waals surface area contributed by atoms with Gasteiger partial charge in [0.1, 0.15) is 17.6 Å². The maximum absolute atomic E-state index is 13.5. The van der Waals surface area contributed by atoms with Crippen LogP contribution in [-0.4, -0.2) is 22.6 Å². The van der Waals surface area contributed by atoms with Crippen molar-refractivity contribution in [1.82, 2.24) is 10.3 Å². The molecule has 112 valence electrons. The number of aliphatic hydroxyl groups excluding tert-OH is 1. The summed E-state index contributed by atoms with van der Waals surface area (Å²) in [4.78, 5) is 15.9. The van der Waals surface area contributed by atoms with Gasteiger partial charge in [-0.2, -0.15) is 5.26 Å². The fourth-order valence-corrected chi connectivity index (χ4v) is 1.91. The molecule has 0 fully saturated rings. The molecule has 7 heteroatoms. The summed E-state index contributed by atoms with van der Waals surface area (Å²) in [6.07, 6.45) is 1.27. The van der Waals surface area contributed by atoms with Gasteiger partial charge in [-0.3, -0.25) is 4.79 Å². The second kappa shape index (κ2) is 6.98. The minimum Gasteiger partial charge on any atom is -0.394 e. The molecule has 0 radical (unpaired) electrons. The van der Waals surface area contributed by atoms with Crippen LogP contribution in [0.3, 0.4) is 0 Å². The maximum atomic E-state index is 13.5. The van der Waals surface area contributed by atoms with Crippen molar-refractivity contribution in [3.8, 4) is 6.07 Å². The minimum atomic E-state index is -0.795. The monoisotopic (exact) mass is 319 g/mol. The number of amides is 1. The molecule has 1 heterocycles. The number of rotatable bonds is 4. The second-order valence-electron chi connectivity index (χ2n) is 4.43. The lowest BCUT2D eigenvalue weighted by atomic mass is 10.1. The molecule has 0 aliphatic carbocycles. The third-order valence-electron chi connectivity index (χ3n) is 2.96. The van der Waals surface area contributed by atoms with E-state index in [9.17, 15) is 14.3 Å². The quantitative estimate of drug-likeness (QED) is 0.904. The highest BCUT2D eigenvalue weighted by molar-refractivity contribution is 6.30. The molecule has 1 aromatic carbocycles. The molecule has 0 saturated carbocycles. The van der Waals surface area contributed by atoms with Gasteiger partial charge < -0.3 is 10.4 Å². The van der Waals surface area contributed by atoms with E-state index in [0.717, 1.165) is 6.07 Å². The van der Waals surface area contributed by atoms with E-state index in [1.807, 2.05) is 6.07 Å². The van der Waals surface area contributed by atoms with Crippen molar-refractivity contribution < 1.29 is 14.3 Å². The number of pyridine rings is 1. The highest BCUT2D eigenvalue weighted by atomic mass is 35.5. The average Bonchev–Trinajstić information content (AvgIpc) is 2.55. The smallest absolute Gasteiger partial charge is 0.270 e. The molecule has 1 atom stereocenters. The third-order valence-corrected chi connectivity index (χ3v) is 3.27. The van der Waals surface area contributed by atoms with Gasteiger partial charge in [-0.25, -0.2) is 9.37 Å². The van der Waals surface area contributed by atoms with E-state index in [1.54, 1.807) is 0 Å². The third kappa shape index (κ3) is 3.58. The van der Waals surface area contributed by atoms with E-state index >= 15 is 0 Å². The Hall–Kier alpha value is -2.49. The first-order valence-electron chi connectivity index (χ1n) is 6.28. The highest BCUT2D eigenvalue weighted by Crippen LogP contribution is 2.20. The van der Waals surface area contributed by atoms with Gasteiger partial charge in [0, 0.05) is 6.20 Å². The van der Waals surface area contributed by atoms with Crippen molar-refractivity contribution in [2.45, 2.75) is 6.04 Å². The zero-order chi connectivity index (χ0) is 16.1. The van der Waals surface area contributed by atoms with Crippen LogP contribution >= 0.6 is 11.6 Å². The van der Waals surface area contributed by atoms with Crippen LogP contribution in [0.25, 0.3) is 0 Å². The second-order valence-corrected chi connectivity index (χ2v) is 4.83. The molecule has 0 aliphatic rings. The van der Waals surface area contributed by atoms with Gasteiger partial charge in [-0.05, 0) is 29.8 Å². The van der Waals surface area contributed by atoms with Crippen molar-refractivity contribution in [3.63, 3.8) is 0 Å². The Morgan fingerprint density at radius 1 is 1.45 bits per heavy atom. The van der Waals surface area contributed by atoms with E-state index in [4.69, 9.17) is 16.9 Å². The molecular weight excluding hydrogens is 309 g/mol. The van der Waals surface area contributed by atoms with Crippen molar-refractivity contribution in [3.05, 3.63) is 64.2 Å². The number of hydrogen-bond acceptors (Lipinski definition) is 4. The van der Waals surface area contributed by atoms with Gasteiger partial charge in [-0.15, -0.1) is 0 Å². The molecule has 0 aliphatic heterocycles. The number of halogens is 2. The summed E-state index contributed by atoms with van der Waals surface area (Å²) in [5.41, 5.74) is 0.799. The number of benzene rings is 1. The normalized spacial score (nSPS) is 11.5. The van der Waals surface area contributed by atoms with Crippen LogP contribution in [0.5, 0.6) is 0 Å². The van der Waals surface area contributed by atoms with Crippen molar-refractivity contribution >= 4 is 17.5 Å². The SMILES string of the molecule is N#Cc1ccc(C(=O)NC(CO)c2ccc(Cl)c(F)c2)nc1. The summed E-state index contributed by atoms with van der Waals surface area (Å²) >= 11 is 5.60. The van der Waals surface area contributed by atoms with E-state index < -0.39 is 24.4 Å². The molecule has 2 aromatic rings. The molecule has 2 rings (SSSR count). The van der Waals surface area contributed by atoms with Gasteiger partial charge in [0.25, 0.3) is 5.91 Å². The molecule has 0 spiro atoms. The highest BCUT2D eigenvalue weighted by Gasteiger charge is 2.17. The predicted octanol–water partition coefficient (Wildman–Crippen LogP) is 2.21. The molecule has 1 unspecified atom stereocenters. The average molecular weight is 320 g/mol. The van der Waals surface area contributed by atoms with Crippen LogP contribution in [0.4, 0.5) is 4.39 Å². The first-order chi connectivity index (χ1) is 10.5. The molecule has 22 heavy (non-hydrogen) atoms. The fourth-order valence-electron chi connectivity index (χ4n) is 1.79. The van der Waals surface area contributed by atoms with Crippen LogP contribution in [0, 0.1) is 17.1 Å². The number of carbonyl (C=O) groups excluding carboxylic acids is 1. The molecule has 1 aromatic heterocycles. The van der Waals surface area contributed by atoms with Crippen LogP contribution < -0.4 is 5.32 Å². The molecule has 0 bridgehead atoms. The first kappa shape index (κ1) is 15.9. The van der Waals surface area contributed by atoms with Gasteiger partial charge in [0.2, 0.25) is 0 Å². The summed E-state index contributed by atoms with van der Waals surface area (Å²) < 4.78 is 13.5. The number of aromatic nitrogens is 1. The van der Waals surface area contributed by atoms with E-state index in [2.05, 4.69) is 10.3 Å². The van der Waals surface area contributed by atoms with E-state index in [-0.39, 0.29) is 10.7 Å². The number of aliphatic hydroxyl groups is 1. The van der Waals surface area contributed by atoms with Crippen LogP contribution in [0.2, 0.25) is 5.02 Å². The summed E-state index contributed by atoms with van der Waals surface area (Å²) in [5.74, 6) is -1.18. The number of nitrogens with one attached hydrogen (secondary N) is 1. The number of hydrogen-bond donors (Lipinski definition) is 2. The zero-order valence-electron chi connectivity index (χ0n) is 11.3. The Balaban J connectivity index is 2.16. The Bertz CT molecular complexity index is 729. The Labute approximate surface area is 131 Å². The summed E-state index contributed by atoms with van der Waals surface area (Å²) in [7, 11) is 0. The Morgan fingerprint density at radius 2 is 2.23 bits per heavy atom. The lowest BCUT2D eigenvalue weighted by Crippen LogP contribution is -2.31. The summed E-state index contributed by atoms with van der Waals surface area (Å²) in [6.45, 7) is -0.414. The first-order valence-corrected chi connectivity index (χ1v) is 6.65. The van der Waals surface area contributed by atoms with Gasteiger partial charge in [0.15, 0.2) is 0 Å². The zero-order valence-corrected chi connectivity index (χ0v) is 12.0. The van der Waals surface area contributed by atoms with Crippen LogP contribution in [-0.2, 0) is 0 Å². The molecule has 0 saturated heterocycles. The van der Waals surface area contributed by atoms with Gasteiger partial charge in [-0.1, -0.05) is 17.7 Å². The van der Waals surface area contributed by atoms with Crippen molar-refractivity contribution in [2.24, 2.45) is 0 Å². The summed E-state index contributed by atoms with van der Waals surface area (Å²) in [5, 5.41) is 20.6. The largest absolute Gasteiger partial charge is 0.394 e. The summed E-state index contributed by atoms with van der Waals surface area (Å²) in [6, 6.07) is 7.96. The topological polar surface area (TPSA) is 86.0 Å². The van der Waals surface area contributed by atoms with Crippen LogP contribution in [0.1, 0.15) is 27.7 Å². The minimum absolute atomic E-state index is 0.0412. The predicted molar refractivity (Wildman–Crippen MR) is 77.7 cm³/mol. The van der Waals surface area contributed by atoms with Gasteiger partial charge >= 0.3 is 0 Å². The van der Waals surface area contributed by atoms with Crippen molar-refractivity contribution in [1.29, 1.82) is 5.26 Å². The van der Waals surface area contributed by atoms with Crippen LogP contribution in [0.15, 0.2) is 36.5 Å². The Morgan fingerprint density at radius 3 is 2.77 bits per heavy atom.